The van der Waals surface area contributed by atoms with Crippen LogP contribution in [0.3, 0.4) is 0 Å². The fraction of sp³-hybridized carbons (Fsp3) is 0.250. The number of carbonyl (C=O) groups excluding carboxylic acids is 2. The summed E-state index contributed by atoms with van der Waals surface area (Å²) in [7, 11) is 1.88. The first-order chi connectivity index (χ1) is 22.6. The molecule has 2 aromatic heterocycles. The summed E-state index contributed by atoms with van der Waals surface area (Å²) in [4.78, 5) is 34.5. The van der Waals surface area contributed by atoms with Crippen LogP contribution in [0.25, 0.3) is 10.9 Å². The van der Waals surface area contributed by atoms with E-state index in [0.717, 1.165) is 61.2 Å². The van der Waals surface area contributed by atoms with E-state index in [4.69, 9.17) is 4.74 Å². The van der Waals surface area contributed by atoms with Gasteiger partial charge in [-0.2, -0.15) is 13.2 Å². The number of halogens is 3. The Kier molecular flexibility index (Phi) is 8.99. The SMILES string of the molecule is CCc1ccc(CN2CCN(C(=O)c3cc4cc(Oc5ccc(NC(=O)c6ccc(C(F)(F)F)cc6)cn5)ccc4n3C)CC2)cc1. The molecule has 0 bridgehead atoms. The monoisotopic (exact) mass is 641 g/mol. The number of aryl methyl sites for hydroxylation is 2. The zero-order valence-electron chi connectivity index (χ0n) is 26.1. The highest BCUT2D eigenvalue weighted by Gasteiger charge is 2.30. The van der Waals surface area contributed by atoms with Gasteiger partial charge in [0.15, 0.2) is 0 Å². The Morgan fingerprint density at radius 2 is 1.57 bits per heavy atom. The second kappa shape index (κ2) is 13.3. The van der Waals surface area contributed by atoms with Crippen molar-refractivity contribution in [2.24, 2.45) is 7.05 Å². The van der Waals surface area contributed by atoms with E-state index in [1.807, 2.05) is 34.7 Å². The number of hydrogen-bond donors (Lipinski definition) is 1. The first kappa shape index (κ1) is 31.8. The minimum absolute atomic E-state index is 0.00582. The first-order valence-electron chi connectivity index (χ1n) is 15.4. The number of alkyl halides is 3. The number of rotatable bonds is 8. The van der Waals surface area contributed by atoms with Gasteiger partial charge in [-0.25, -0.2) is 4.98 Å². The maximum absolute atomic E-state index is 13.5. The van der Waals surface area contributed by atoms with Crippen LogP contribution in [-0.2, 0) is 26.2 Å². The van der Waals surface area contributed by atoms with E-state index < -0.39 is 17.6 Å². The Morgan fingerprint density at radius 3 is 2.21 bits per heavy atom. The molecule has 1 aliphatic rings. The van der Waals surface area contributed by atoms with Crippen molar-refractivity contribution in [1.29, 1.82) is 0 Å². The second-order valence-corrected chi connectivity index (χ2v) is 11.6. The van der Waals surface area contributed by atoms with E-state index in [0.29, 0.717) is 30.2 Å². The number of ether oxygens (including phenoxy) is 1. The molecule has 2 amide bonds. The van der Waals surface area contributed by atoms with Crippen LogP contribution in [0.15, 0.2) is 91.1 Å². The molecule has 0 saturated carbocycles. The van der Waals surface area contributed by atoms with Crippen LogP contribution in [0.2, 0.25) is 0 Å². The molecule has 242 valence electrons. The molecule has 1 saturated heterocycles. The maximum atomic E-state index is 13.5. The largest absolute Gasteiger partial charge is 0.439 e. The summed E-state index contributed by atoms with van der Waals surface area (Å²) in [6.45, 7) is 5.97. The van der Waals surface area contributed by atoms with Crippen molar-refractivity contribution in [2.45, 2.75) is 26.1 Å². The van der Waals surface area contributed by atoms with E-state index >= 15 is 0 Å². The zero-order valence-corrected chi connectivity index (χ0v) is 26.1. The second-order valence-electron chi connectivity index (χ2n) is 11.6. The van der Waals surface area contributed by atoms with Crippen molar-refractivity contribution in [3.05, 3.63) is 119 Å². The molecule has 0 spiro atoms. The number of piperazine rings is 1. The molecule has 0 radical (unpaired) electrons. The number of carbonyl (C=O) groups is 2. The van der Waals surface area contributed by atoms with Crippen molar-refractivity contribution >= 4 is 28.4 Å². The Bertz CT molecular complexity index is 1880. The molecule has 0 atom stereocenters. The average molecular weight is 642 g/mol. The highest BCUT2D eigenvalue weighted by atomic mass is 19.4. The van der Waals surface area contributed by atoms with Gasteiger partial charge in [-0.1, -0.05) is 31.2 Å². The highest BCUT2D eigenvalue weighted by molar-refractivity contribution is 6.04. The van der Waals surface area contributed by atoms with Crippen LogP contribution in [0.5, 0.6) is 11.6 Å². The van der Waals surface area contributed by atoms with Gasteiger partial charge in [0.25, 0.3) is 11.8 Å². The molecule has 3 heterocycles. The number of nitrogens with zero attached hydrogens (tertiary/aromatic N) is 4. The standard InChI is InChI=1S/C36H34F3N5O3/c1-3-24-4-6-25(7-5-24)23-43-16-18-44(19-17-43)35(46)32-21-27-20-30(13-14-31(27)42(32)2)47-33-15-12-29(22-40-33)41-34(45)26-8-10-28(11-9-26)36(37,38)39/h4-15,20-22H,3,16-19,23H2,1-2H3,(H,41,45). The van der Waals surface area contributed by atoms with Crippen LogP contribution in [0, 0.1) is 0 Å². The van der Waals surface area contributed by atoms with Crippen molar-refractivity contribution in [3.8, 4) is 11.6 Å². The summed E-state index contributed by atoms with van der Waals surface area (Å²) in [5, 5.41) is 3.47. The van der Waals surface area contributed by atoms with Gasteiger partial charge in [-0.05, 0) is 72.1 Å². The molecule has 1 fully saturated rings. The fourth-order valence-electron chi connectivity index (χ4n) is 5.66. The molecule has 11 heteroatoms. The van der Waals surface area contributed by atoms with Crippen molar-refractivity contribution in [2.75, 3.05) is 31.5 Å². The van der Waals surface area contributed by atoms with Crippen molar-refractivity contribution in [3.63, 3.8) is 0 Å². The third kappa shape index (κ3) is 7.30. The predicted molar refractivity (Wildman–Crippen MR) is 174 cm³/mol. The number of aromatic nitrogens is 2. The third-order valence-electron chi connectivity index (χ3n) is 8.42. The Balaban J connectivity index is 1.05. The molecule has 0 unspecified atom stereocenters. The summed E-state index contributed by atoms with van der Waals surface area (Å²) in [6.07, 6.45) is -2.05. The summed E-state index contributed by atoms with van der Waals surface area (Å²) in [5.41, 5.74) is 3.72. The Hall–Kier alpha value is -5.16. The molecule has 1 aliphatic heterocycles. The first-order valence-corrected chi connectivity index (χ1v) is 15.4. The van der Waals surface area contributed by atoms with Crippen molar-refractivity contribution in [1.82, 2.24) is 19.4 Å². The van der Waals surface area contributed by atoms with Crippen LogP contribution < -0.4 is 10.1 Å². The van der Waals surface area contributed by atoms with Crippen LogP contribution in [-0.4, -0.2) is 57.3 Å². The molecular formula is C36H34F3N5O3. The summed E-state index contributed by atoms with van der Waals surface area (Å²) in [5.74, 6) is 0.238. The Morgan fingerprint density at radius 1 is 0.872 bits per heavy atom. The van der Waals surface area contributed by atoms with Gasteiger partial charge >= 0.3 is 6.18 Å². The lowest BCUT2D eigenvalue weighted by Crippen LogP contribution is -2.48. The van der Waals surface area contributed by atoms with Crippen LogP contribution in [0.4, 0.5) is 18.9 Å². The van der Waals surface area contributed by atoms with Crippen molar-refractivity contribution < 1.29 is 27.5 Å². The Labute approximate surface area is 270 Å². The molecule has 6 rings (SSSR count). The number of hydrogen-bond acceptors (Lipinski definition) is 5. The molecule has 47 heavy (non-hydrogen) atoms. The molecule has 1 N–H and O–H groups in total. The van der Waals surface area contributed by atoms with Gasteiger partial charge in [0.2, 0.25) is 5.88 Å². The fourth-order valence-corrected chi connectivity index (χ4v) is 5.66. The summed E-state index contributed by atoms with van der Waals surface area (Å²) in [6, 6.07) is 23.3. The number of fused-ring (bicyclic) bond motifs is 1. The lowest BCUT2D eigenvalue weighted by molar-refractivity contribution is -0.137. The highest BCUT2D eigenvalue weighted by Crippen LogP contribution is 2.30. The van der Waals surface area contributed by atoms with E-state index in [1.54, 1.807) is 18.2 Å². The summed E-state index contributed by atoms with van der Waals surface area (Å²) >= 11 is 0. The topological polar surface area (TPSA) is 79.7 Å². The molecule has 0 aliphatic carbocycles. The third-order valence-corrected chi connectivity index (χ3v) is 8.42. The van der Waals surface area contributed by atoms with E-state index in [2.05, 4.69) is 46.4 Å². The van der Waals surface area contributed by atoms with Gasteiger partial charge in [0.05, 0.1) is 17.4 Å². The van der Waals surface area contributed by atoms with Gasteiger partial charge in [0, 0.05) is 62.3 Å². The van der Waals surface area contributed by atoms with Gasteiger partial charge in [0.1, 0.15) is 11.4 Å². The molecule has 3 aromatic carbocycles. The number of pyridine rings is 1. The van der Waals surface area contributed by atoms with Gasteiger partial charge in [-0.15, -0.1) is 0 Å². The molecule has 8 nitrogen and oxygen atoms in total. The number of nitrogens with one attached hydrogen (secondary N) is 1. The minimum atomic E-state index is -4.47. The number of amides is 2. The van der Waals surface area contributed by atoms with E-state index in [-0.39, 0.29) is 17.4 Å². The van der Waals surface area contributed by atoms with Crippen LogP contribution in [0.1, 0.15) is 44.5 Å². The summed E-state index contributed by atoms with van der Waals surface area (Å²) < 4.78 is 46.2. The zero-order chi connectivity index (χ0) is 33.1. The number of anilines is 1. The lowest BCUT2D eigenvalue weighted by atomic mass is 10.1. The number of benzene rings is 3. The van der Waals surface area contributed by atoms with Crippen LogP contribution >= 0.6 is 0 Å². The minimum Gasteiger partial charge on any atom is -0.439 e. The normalized spacial score (nSPS) is 13.9. The molecular weight excluding hydrogens is 607 g/mol. The average Bonchev–Trinajstić information content (AvgIpc) is 3.41. The lowest BCUT2D eigenvalue weighted by Gasteiger charge is -2.34. The smallest absolute Gasteiger partial charge is 0.416 e. The molecule has 5 aromatic rings. The maximum Gasteiger partial charge on any atom is 0.416 e. The quantitative estimate of drug-likeness (QED) is 0.195. The predicted octanol–water partition coefficient (Wildman–Crippen LogP) is 7.16. The van der Waals surface area contributed by atoms with Gasteiger partial charge in [-0.3, -0.25) is 14.5 Å². The van der Waals surface area contributed by atoms with E-state index in [9.17, 15) is 22.8 Å². The van der Waals surface area contributed by atoms with E-state index in [1.165, 1.54) is 17.3 Å². The van der Waals surface area contributed by atoms with Gasteiger partial charge < -0.3 is 19.5 Å².